The van der Waals surface area contributed by atoms with Crippen LogP contribution >= 0.6 is 22.9 Å². The molecule has 0 atom stereocenters. The molecule has 0 saturated heterocycles. The first kappa shape index (κ1) is 11.8. The zero-order chi connectivity index (χ0) is 12.3. The number of thiazole rings is 1. The highest BCUT2D eigenvalue weighted by Gasteiger charge is 2.06. The molecule has 6 heteroatoms. The van der Waals surface area contributed by atoms with Crippen LogP contribution in [0.3, 0.4) is 0 Å². The van der Waals surface area contributed by atoms with Crippen molar-refractivity contribution in [3.63, 3.8) is 0 Å². The topological polar surface area (TPSA) is 65.8 Å². The number of amides is 1. The second-order valence-corrected chi connectivity index (χ2v) is 4.69. The van der Waals surface area contributed by atoms with E-state index in [1.54, 1.807) is 12.1 Å². The van der Waals surface area contributed by atoms with Gasteiger partial charge in [-0.3, -0.25) is 4.79 Å². The lowest BCUT2D eigenvalue weighted by Crippen LogP contribution is -2.12. The summed E-state index contributed by atoms with van der Waals surface area (Å²) in [4.78, 5) is 15.4. The van der Waals surface area contributed by atoms with Crippen LogP contribution in [-0.2, 0) is 11.2 Å². The Labute approximate surface area is 107 Å². The van der Waals surface area contributed by atoms with Gasteiger partial charge in [0.2, 0.25) is 5.91 Å². The van der Waals surface area contributed by atoms with Crippen molar-refractivity contribution < 1.29 is 4.79 Å². The highest BCUT2D eigenvalue weighted by Crippen LogP contribution is 2.25. The van der Waals surface area contributed by atoms with Crippen molar-refractivity contribution in [2.75, 3.05) is 11.2 Å². The number of carbonyl (C=O) groups excluding carboxylic acids is 1. The summed E-state index contributed by atoms with van der Waals surface area (Å²) in [5, 5.41) is 12.0. The van der Waals surface area contributed by atoms with E-state index in [0.717, 1.165) is 15.2 Å². The molecule has 4 nitrogen and oxygen atoms in total. The number of aromatic nitrogens is 1. The van der Waals surface area contributed by atoms with Crippen LogP contribution in [0.15, 0.2) is 18.2 Å². The second-order valence-electron chi connectivity index (χ2n) is 3.31. The van der Waals surface area contributed by atoms with Crippen LogP contribution in [0.25, 0.3) is 10.2 Å². The van der Waals surface area contributed by atoms with E-state index in [0.29, 0.717) is 12.1 Å². The van der Waals surface area contributed by atoms with Gasteiger partial charge in [-0.2, -0.15) is 5.26 Å². The molecule has 0 spiro atoms. The zero-order valence-electron chi connectivity index (χ0n) is 8.74. The second kappa shape index (κ2) is 5.13. The van der Waals surface area contributed by atoms with Crippen molar-refractivity contribution >= 4 is 44.7 Å². The summed E-state index contributed by atoms with van der Waals surface area (Å²) in [6, 6.07) is 7.50. The van der Waals surface area contributed by atoms with E-state index in [1.165, 1.54) is 11.3 Å². The van der Waals surface area contributed by atoms with Crippen LogP contribution in [0, 0.1) is 11.3 Å². The predicted octanol–water partition coefficient (Wildman–Crippen LogP) is 2.54. The Morgan fingerprint density at radius 1 is 1.59 bits per heavy atom. The molecule has 1 N–H and O–H groups in total. The molecule has 0 aliphatic carbocycles. The normalized spacial score (nSPS) is 10.1. The minimum Gasteiger partial charge on any atom is -0.325 e. The van der Waals surface area contributed by atoms with Crippen LogP contribution in [0.1, 0.15) is 5.01 Å². The summed E-state index contributed by atoms with van der Waals surface area (Å²) in [5.74, 6) is -0.326. The number of nitrogens with zero attached hydrogens (tertiary/aromatic N) is 2. The maximum absolute atomic E-state index is 11.1. The van der Waals surface area contributed by atoms with Gasteiger partial charge in [-0.05, 0) is 18.2 Å². The third kappa shape index (κ3) is 2.73. The summed E-state index contributed by atoms with van der Waals surface area (Å²) in [6.45, 7) is 0. The molecule has 0 unspecified atom stereocenters. The first-order valence-corrected chi connectivity index (χ1v) is 6.20. The fourth-order valence-corrected chi connectivity index (χ4v) is 2.34. The summed E-state index contributed by atoms with van der Waals surface area (Å²) in [7, 11) is 0. The van der Waals surface area contributed by atoms with Gasteiger partial charge in [0.05, 0.1) is 22.7 Å². The van der Waals surface area contributed by atoms with Crippen molar-refractivity contribution in [2.45, 2.75) is 6.42 Å². The smallest absolute Gasteiger partial charge is 0.239 e. The Balaban J connectivity index is 2.30. The van der Waals surface area contributed by atoms with Crippen molar-refractivity contribution in [3.8, 4) is 6.07 Å². The van der Waals surface area contributed by atoms with E-state index in [9.17, 15) is 4.79 Å². The average molecular weight is 266 g/mol. The van der Waals surface area contributed by atoms with Crippen LogP contribution in [0.4, 0.5) is 5.69 Å². The van der Waals surface area contributed by atoms with E-state index < -0.39 is 0 Å². The SMILES string of the molecule is N#CCc1nc2cc(NC(=O)CCl)ccc2s1. The number of alkyl halides is 1. The van der Waals surface area contributed by atoms with E-state index in [4.69, 9.17) is 16.9 Å². The van der Waals surface area contributed by atoms with E-state index in [2.05, 4.69) is 16.4 Å². The monoisotopic (exact) mass is 265 g/mol. The fraction of sp³-hybridized carbons (Fsp3) is 0.182. The van der Waals surface area contributed by atoms with E-state index >= 15 is 0 Å². The van der Waals surface area contributed by atoms with Gasteiger partial charge < -0.3 is 5.32 Å². The quantitative estimate of drug-likeness (QED) is 0.868. The molecule has 1 heterocycles. The van der Waals surface area contributed by atoms with E-state index in [-0.39, 0.29) is 11.8 Å². The maximum atomic E-state index is 11.1. The molecule has 1 aromatic carbocycles. The van der Waals surface area contributed by atoms with Gasteiger partial charge >= 0.3 is 0 Å². The van der Waals surface area contributed by atoms with Gasteiger partial charge in [0.15, 0.2) is 0 Å². The number of benzene rings is 1. The van der Waals surface area contributed by atoms with Crippen molar-refractivity contribution in [2.24, 2.45) is 0 Å². The Bertz CT molecular complexity index is 602. The number of hydrogen-bond donors (Lipinski definition) is 1. The minimum atomic E-state index is -0.251. The molecule has 86 valence electrons. The molecule has 0 fully saturated rings. The third-order valence-electron chi connectivity index (χ3n) is 2.07. The first-order valence-electron chi connectivity index (χ1n) is 4.85. The molecule has 0 aliphatic rings. The maximum Gasteiger partial charge on any atom is 0.239 e. The molecule has 1 aromatic heterocycles. The Hall–Kier alpha value is -1.64. The van der Waals surface area contributed by atoms with Gasteiger partial charge in [0.25, 0.3) is 0 Å². The summed E-state index contributed by atoms with van der Waals surface area (Å²) in [6.07, 6.45) is 0.308. The number of halogens is 1. The van der Waals surface area contributed by atoms with Gasteiger partial charge in [-0.15, -0.1) is 22.9 Å². The molecular weight excluding hydrogens is 258 g/mol. The first-order chi connectivity index (χ1) is 8.22. The van der Waals surface area contributed by atoms with E-state index in [1.807, 2.05) is 6.07 Å². The third-order valence-corrected chi connectivity index (χ3v) is 3.35. The summed E-state index contributed by atoms with van der Waals surface area (Å²) >= 11 is 6.89. The standard InChI is InChI=1S/C11H8ClN3OS/c12-6-10(16)14-7-1-2-9-8(5-7)15-11(17-9)3-4-13/h1-2,5H,3,6H2,(H,14,16). The molecule has 1 amide bonds. The highest BCUT2D eigenvalue weighted by atomic mass is 35.5. The average Bonchev–Trinajstić information content (AvgIpc) is 2.71. The minimum absolute atomic E-state index is 0.0746. The molecule has 0 radical (unpaired) electrons. The summed E-state index contributed by atoms with van der Waals surface area (Å²) < 4.78 is 0.999. The summed E-state index contributed by atoms with van der Waals surface area (Å²) in [5.41, 5.74) is 1.45. The number of nitrogens with one attached hydrogen (secondary N) is 1. The molecular formula is C11H8ClN3OS. The Morgan fingerprint density at radius 2 is 2.41 bits per heavy atom. The number of nitriles is 1. The van der Waals surface area contributed by atoms with Crippen molar-refractivity contribution in [1.29, 1.82) is 5.26 Å². The van der Waals surface area contributed by atoms with Gasteiger partial charge in [-0.25, -0.2) is 4.98 Å². The van der Waals surface area contributed by atoms with Crippen LogP contribution in [-0.4, -0.2) is 16.8 Å². The Morgan fingerprint density at radius 3 is 3.12 bits per heavy atom. The van der Waals surface area contributed by atoms with Crippen molar-refractivity contribution in [1.82, 2.24) is 4.98 Å². The van der Waals surface area contributed by atoms with Gasteiger partial charge in [0.1, 0.15) is 10.9 Å². The molecule has 2 rings (SSSR count). The molecule has 0 saturated carbocycles. The zero-order valence-corrected chi connectivity index (χ0v) is 10.3. The number of hydrogen-bond acceptors (Lipinski definition) is 4. The van der Waals surface area contributed by atoms with Crippen LogP contribution in [0.5, 0.6) is 0 Å². The number of rotatable bonds is 3. The van der Waals surface area contributed by atoms with Gasteiger partial charge in [-0.1, -0.05) is 0 Å². The molecule has 17 heavy (non-hydrogen) atoms. The number of carbonyl (C=O) groups is 1. The Kier molecular flexibility index (Phi) is 3.57. The molecule has 2 aromatic rings. The lowest BCUT2D eigenvalue weighted by Gasteiger charge is -2.01. The largest absolute Gasteiger partial charge is 0.325 e. The van der Waals surface area contributed by atoms with Crippen molar-refractivity contribution in [3.05, 3.63) is 23.2 Å². The number of fused-ring (bicyclic) bond motifs is 1. The fourth-order valence-electron chi connectivity index (χ4n) is 1.39. The van der Waals surface area contributed by atoms with Gasteiger partial charge in [0, 0.05) is 5.69 Å². The predicted molar refractivity (Wildman–Crippen MR) is 68.3 cm³/mol. The van der Waals surface area contributed by atoms with Crippen LogP contribution < -0.4 is 5.32 Å². The molecule has 0 aliphatic heterocycles. The highest BCUT2D eigenvalue weighted by molar-refractivity contribution is 7.18. The van der Waals surface area contributed by atoms with Crippen LogP contribution in [0.2, 0.25) is 0 Å². The molecule has 0 bridgehead atoms. The lowest BCUT2D eigenvalue weighted by molar-refractivity contribution is -0.113. The lowest BCUT2D eigenvalue weighted by atomic mass is 10.3. The number of anilines is 1.